The summed E-state index contributed by atoms with van der Waals surface area (Å²) in [6, 6.07) is 6.59. The molecule has 0 spiro atoms. The van der Waals surface area contributed by atoms with Crippen LogP contribution in [0.1, 0.15) is 24.5 Å². The Hall–Kier alpha value is -1.27. The minimum Gasteiger partial charge on any atom is -0.353 e. The molecule has 3 heteroatoms. The second-order valence-corrected chi connectivity index (χ2v) is 4.79. The van der Waals surface area contributed by atoms with Gasteiger partial charge < -0.3 is 9.47 Å². The zero-order chi connectivity index (χ0) is 11.5. The van der Waals surface area contributed by atoms with Crippen molar-refractivity contribution in [2.24, 2.45) is 13.0 Å². The van der Waals surface area contributed by atoms with Gasteiger partial charge in [-0.25, -0.2) is 0 Å². The van der Waals surface area contributed by atoms with E-state index in [9.17, 15) is 5.26 Å². The van der Waals surface area contributed by atoms with Crippen molar-refractivity contribution in [3.8, 4) is 6.07 Å². The average Bonchev–Trinajstić information content (AvgIpc) is 2.69. The standard InChI is InChI=1S/C13H19N3/c1-15-8-5-11(6-9-15)12(10-14)13-4-3-7-16(13)2/h3-4,7,11-12H,5-6,8-9H2,1-2H3. The zero-order valence-electron chi connectivity index (χ0n) is 10.1. The summed E-state index contributed by atoms with van der Waals surface area (Å²) in [6.45, 7) is 2.24. The quantitative estimate of drug-likeness (QED) is 0.758. The highest BCUT2D eigenvalue weighted by molar-refractivity contribution is 5.20. The van der Waals surface area contributed by atoms with E-state index in [0.717, 1.165) is 31.6 Å². The van der Waals surface area contributed by atoms with E-state index in [1.807, 2.05) is 19.3 Å². The van der Waals surface area contributed by atoms with Gasteiger partial charge in [0.05, 0.1) is 12.0 Å². The van der Waals surface area contributed by atoms with Gasteiger partial charge in [-0.05, 0) is 51.0 Å². The van der Waals surface area contributed by atoms with Gasteiger partial charge in [-0.2, -0.15) is 5.26 Å². The molecule has 1 atom stereocenters. The van der Waals surface area contributed by atoms with Crippen LogP contribution in [0.5, 0.6) is 0 Å². The Morgan fingerprint density at radius 3 is 2.56 bits per heavy atom. The first-order chi connectivity index (χ1) is 7.72. The third kappa shape index (κ3) is 2.12. The maximum Gasteiger partial charge on any atom is 0.0893 e. The second kappa shape index (κ2) is 4.71. The van der Waals surface area contributed by atoms with Crippen LogP contribution in [-0.2, 0) is 7.05 Å². The van der Waals surface area contributed by atoms with Crippen molar-refractivity contribution in [3.05, 3.63) is 24.0 Å². The number of aryl methyl sites for hydroxylation is 1. The lowest BCUT2D eigenvalue weighted by atomic mass is 9.83. The second-order valence-electron chi connectivity index (χ2n) is 4.79. The molecule has 1 aliphatic rings. The Bertz CT molecular complexity index is 380. The number of aromatic nitrogens is 1. The number of nitrogens with zero attached hydrogens (tertiary/aromatic N) is 3. The van der Waals surface area contributed by atoms with Crippen molar-refractivity contribution < 1.29 is 0 Å². The first-order valence-corrected chi connectivity index (χ1v) is 5.91. The van der Waals surface area contributed by atoms with Crippen LogP contribution in [0.3, 0.4) is 0 Å². The molecule has 1 saturated heterocycles. The van der Waals surface area contributed by atoms with Crippen molar-refractivity contribution in [1.82, 2.24) is 9.47 Å². The summed E-state index contributed by atoms with van der Waals surface area (Å²) < 4.78 is 2.08. The number of piperidine rings is 1. The molecule has 0 N–H and O–H groups in total. The van der Waals surface area contributed by atoms with E-state index in [1.54, 1.807) is 0 Å². The lowest BCUT2D eigenvalue weighted by molar-refractivity contribution is 0.209. The van der Waals surface area contributed by atoms with Crippen molar-refractivity contribution in [1.29, 1.82) is 5.26 Å². The van der Waals surface area contributed by atoms with Gasteiger partial charge in [0.15, 0.2) is 0 Å². The summed E-state index contributed by atoms with van der Waals surface area (Å²) >= 11 is 0. The van der Waals surface area contributed by atoms with E-state index in [2.05, 4.69) is 28.7 Å². The largest absolute Gasteiger partial charge is 0.353 e. The molecular formula is C13H19N3. The summed E-state index contributed by atoms with van der Waals surface area (Å²) in [5.41, 5.74) is 1.16. The van der Waals surface area contributed by atoms with Crippen LogP contribution in [0, 0.1) is 17.2 Å². The predicted octanol–water partition coefficient (Wildman–Crippen LogP) is 1.97. The SMILES string of the molecule is CN1CCC(C(C#N)c2cccn2C)CC1. The highest BCUT2D eigenvalue weighted by Gasteiger charge is 2.27. The molecule has 3 nitrogen and oxygen atoms in total. The molecule has 0 amide bonds. The molecular weight excluding hydrogens is 198 g/mol. The number of nitriles is 1. The average molecular weight is 217 g/mol. The van der Waals surface area contributed by atoms with Crippen LogP contribution >= 0.6 is 0 Å². The van der Waals surface area contributed by atoms with Crippen LogP contribution in [0.15, 0.2) is 18.3 Å². The molecule has 86 valence electrons. The molecule has 0 saturated carbocycles. The molecule has 16 heavy (non-hydrogen) atoms. The summed E-state index contributed by atoms with van der Waals surface area (Å²) in [7, 11) is 4.18. The zero-order valence-corrected chi connectivity index (χ0v) is 10.1. The van der Waals surface area contributed by atoms with E-state index in [1.165, 1.54) is 0 Å². The molecule has 1 aliphatic heterocycles. The summed E-state index contributed by atoms with van der Waals surface area (Å²) in [5.74, 6) is 0.587. The van der Waals surface area contributed by atoms with Crippen LogP contribution in [-0.4, -0.2) is 29.6 Å². The monoisotopic (exact) mass is 217 g/mol. The molecule has 1 unspecified atom stereocenters. The minimum atomic E-state index is 0.0636. The third-order valence-electron chi connectivity index (χ3n) is 3.68. The third-order valence-corrected chi connectivity index (χ3v) is 3.68. The molecule has 2 heterocycles. The summed E-state index contributed by atoms with van der Waals surface area (Å²) in [6.07, 6.45) is 4.30. The molecule has 0 aromatic carbocycles. The van der Waals surface area contributed by atoms with Crippen LogP contribution in [0.25, 0.3) is 0 Å². The molecule has 0 aliphatic carbocycles. The van der Waals surface area contributed by atoms with E-state index in [4.69, 9.17) is 0 Å². The normalized spacial score (nSPS) is 20.6. The molecule has 0 radical (unpaired) electrons. The Kier molecular flexibility index (Phi) is 3.31. The van der Waals surface area contributed by atoms with Crippen LogP contribution in [0.2, 0.25) is 0 Å². The highest BCUT2D eigenvalue weighted by atomic mass is 15.1. The van der Waals surface area contributed by atoms with Gasteiger partial charge in [0.25, 0.3) is 0 Å². The molecule has 2 rings (SSSR count). The maximum absolute atomic E-state index is 9.36. The number of hydrogen-bond acceptors (Lipinski definition) is 2. The van der Waals surface area contributed by atoms with E-state index >= 15 is 0 Å². The fraction of sp³-hybridized carbons (Fsp3) is 0.615. The highest BCUT2D eigenvalue weighted by Crippen LogP contribution is 2.31. The van der Waals surface area contributed by atoms with Gasteiger partial charge in [0.1, 0.15) is 0 Å². The van der Waals surface area contributed by atoms with E-state index in [0.29, 0.717) is 5.92 Å². The molecule has 1 aromatic rings. The van der Waals surface area contributed by atoms with Crippen molar-refractivity contribution in [2.75, 3.05) is 20.1 Å². The number of rotatable bonds is 2. The smallest absolute Gasteiger partial charge is 0.0893 e. The number of hydrogen-bond donors (Lipinski definition) is 0. The first-order valence-electron chi connectivity index (χ1n) is 5.91. The van der Waals surface area contributed by atoms with Crippen molar-refractivity contribution in [3.63, 3.8) is 0 Å². The summed E-state index contributed by atoms with van der Waals surface area (Å²) in [4.78, 5) is 2.34. The minimum absolute atomic E-state index is 0.0636. The van der Waals surface area contributed by atoms with Crippen molar-refractivity contribution in [2.45, 2.75) is 18.8 Å². The van der Waals surface area contributed by atoms with E-state index < -0.39 is 0 Å². The van der Waals surface area contributed by atoms with Gasteiger partial charge in [0.2, 0.25) is 0 Å². The first kappa shape index (κ1) is 11.2. The maximum atomic E-state index is 9.36. The fourth-order valence-electron chi connectivity index (χ4n) is 2.57. The molecule has 1 fully saturated rings. The lowest BCUT2D eigenvalue weighted by Gasteiger charge is -2.31. The Balaban J connectivity index is 2.12. The lowest BCUT2D eigenvalue weighted by Crippen LogP contribution is -2.32. The van der Waals surface area contributed by atoms with Gasteiger partial charge in [0, 0.05) is 18.9 Å². The molecule has 1 aromatic heterocycles. The summed E-state index contributed by atoms with van der Waals surface area (Å²) in [5, 5.41) is 9.36. The van der Waals surface area contributed by atoms with E-state index in [-0.39, 0.29) is 5.92 Å². The predicted molar refractivity (Wildman–Crippen MR) is 64.0 cm³/mol. The van der Waals surface area contributed by atoms with Gasteiger partial charge in [-0.3, -0.25) is 0 Å². The van der Waals surface area contributed by atoms with Gasteiger partial charge in [-0.15, -0.1) is 0 Å². The van der Waals surface area contributed by atoms with Gasteiger partial charge >= 0.3 is 0 Å². The fourth-order valence-corrected chi connectivity index (χ4v) is 2.57. The van der Waals surface area contributed by atoms with Crippen LogP contribution < -0.4 is 0 Å². The van der Waals surface area contributed by atoms with Crippen molar-refractivity contribution >= 4 is 0 Å². The number of likely N-dealkylation sites (tertiary alicyclic amines) is 1. The Labute approximate surface area is 97.3 Å². The molecule has 0 bridgehead atoms. The Morgan fingerprint density at radius 2 is 2.06 bits per heavy atom. The topological polar surface area (TPSA) is 32.0 Å². The Morgan fingerprint density at radius 1 is 1.38 bits per heavy atom. The van der Waals surface area contributed by atoms with Crippen LogP contribution in [0.4, 0.5) is 0 Å². The van der Waals surface area contributed by atoms with Gasteiger partial charge in [-0.1, -0.05) is 0 Å².